The van der Waals surface area contributed by atoms with Crippen molar-refractivity contribution in [3.05, 3.63) is 53.3 Å². The van der Waals surface area contributed by atoms with Gasteiger partial charge < -0.3 is 5.11 Å². The summed E-state index contributed by atoms with van der Waals surface area (Å²) in [5, 5.41) is 14.7. The van der Waals surface area contributed by atoms with E-state index in [1.54, 1.807) is 6.20 Å². The first kappa shape index (κ1) is 12.8. The summed E-state index contributed by atoms with van der Waals surface area (Å²) in [6, 6.07) is 8.03. The van der Waals surface area contributed by atoms with Gasteiger partial charge in [-0.15, -0.1) is 0 Å². The van der Waals surface area contributed by atoms with E-state index in [0.29, 0.717) is 0 Å². The fourth-order valence-corrected chi connectivity index (χ4v) is 2.17. The van der Waals surface area contributed by atoms with Crippen molar-refractivity contribution < 1.29 is 5.11 Å². The molecule has 0 saturated heterocycles. The van der Waals surface area contributed by atoms with Crippen LogP contribution >= 0.6 is 0 Å². The number of nitrogens with zero attached hydrogens (tertiary/aromatic N) is 2. The monoisotopic (exact) mass is 244 g/mol. The number of hydrogen-bond donors (Lipinski definition) is 1. The predicted octanol–water partition coefficient (Wildman–Crippen LogP) is 2.94. The molecule has 1 heterocycles. The Balaban J connectivity index is 2.26. The van der Waals surface area contributed by atoms with E-state index >= 15 is 0 Å². The molecule has 96 valence electrons. The van der Waals surface area contributed by atoms with E-state index in [1.165, 1.54) is 5.56 Å². The number of aromatic nitrogens is 2. The van der Waals surface area contributed by atoms with Gasteiger partial charge in [0.15, 0.2) is 0 Å². The number of hydrogen-bond acceptors (Lipinski definition) is 2. The maximum Gasteiger partial charge on any atom is 0.107 e. The van der Waals surface area contributed by atoms with Crippen LogP contribution in [-0.2, 0) is 13.0 Å². The Hall–Kier alpha value is -1.61. The van der Waals surface area contributed by atoms with Crippen LogP contribution in [-0.4, -0.2) is 14.9 Å². The van der Waals surface area contributed by atoms with Gasteiger partial charge in [-0.3, -0.25) is 4.68 Å². The maximum absolute atomic E-state index is 10.4. The molecule has 3 nitrogen and oxygen atoms in total. The molecule has 0 bridgehead atoms. The Labute approximate surface area is 108 Å². The van der Waals surface area contributed by atoms with Crippen LogP contribution in [0.1, 0.15) is 43.1 Å². The summed E-state index contributed by atoms with van der Waals surface area (Å²) < 4.78 is 1.88. The molecule has 1 atom stereocenters. The van der Waals surface area contributed by atoms with E-state index in [2.05, 4.69) is 25.0 Å². The number of aliphatic hydroxyl groups excluding tert-OH is 1. The van der Waals surface area contributed by atoms with Crippen LogP contribution < -0.4 is 0 Å². The third-order valence-corrected chi connectivity index (χ3v) is 3.15. The Morgan fingerprint density at radius 2 is 2.06 bits per heavy atom. The Bertz CT molecular complexity index is 505. The summed E-state index contributed by atoms with van der Waals surface area (Å²) in [4.78, 5) is 0. The van der Waals surface area contributed by atoms with Crippen molar-refractivity contribution in [1.29, 1.82) is 0 Å². The first-order valence-electron chi connectivity index (χ1n) is 6.54. The normalized spacial score (nSPS) is 12.6. The van der Waals surface area contributed by atoms with Crippen molar-refractivity contribution >= 4 is 0 Å². The molecule has 0 amide bonds. The lowest BCUT2D eigenvalue weighted by Gasteiger charge is -2.13. The second kappa shape index (κ2) is 5.83. The van der Waals surface area contributed by atoms with Gasteiger partial charge in [-0.05, 0) is 24.0 Å². The molecule has 2 rings (SSSR count). The lowest BCUT2D eigenvalue weighted by molar-refractivity contribution is 0.219. The third kappa shape index (κ3) is 2.62. The lowest BCUT2D eigenvalue weighted by atomic mass is 9.97. The average Bonchev–Trinajstić information content (AvgIpc) is 2.87. The minimum Gasteiger partial charge on any atom is -0.384 e. The standard InChI is InChI=1S/C15H20N2O/c1-3-9-17-11-13(10-16-17)15(18)14-8-6-5-7-12(14)4-2/h5-8,10-11,15,18H,3-4,9H2,1-2H3. The van der Waals surface area contributed by atoms with Gasteiger partial charge in [0, 0.05) is 18.3 Å². The molecule has 0 aliphatic carbocycles. The van der Waals surface area contributed by atoms with Gasteiger partial charge in [-0.1, -0.05) is 38.1 Å². The maximum atomic E-state index is 10.4. The summed E-state index contributed by atoms with van der Waals surface area (Å²) in [6.07, 6.45) is 5.08. The highest BCUT2D eigenvalue weighted by Crippen LogP contribution is 2.24. The van der Waals surface area contributed by atoms with Crippen molar-refractivity contribution in [1.82, 2.24) is 9.78 Å². The van der Waals surface area contributed by atoms with Gasteiger partial charge >= 0.3 is 0 Å². The molecule has 0 saturated carbocycles. The SMILES string of the molecule is CCCn1cc(C(O)c2ccccc2CC)cn1. The summed E-state index contributed by atoms with van der Waals surface area (Å²) in [6.45, 7) is 5.11. The van der Waals surface area contributed by atoms with E-state index in [9.17, 15) is 5.11 Å². The van der Waals surface area contributed by atoms with Gasteiger partial charge in [-0.2, -0.15) is 5.10 Å². The lowest BCUT2D eigenvalue weighted by Crippen LogP contribution is -2.02. The molecule has 2 aromatic rings. The predicted molar refractivity (Wildman–Crippen MR) is 72.4 cm³/mol. The van der Waals surface area contributed by atoms with Gasteiger partial charge in [0.1, 0.15) is 6.10 Å². The molecule has 3 heteroatoms. The minimum absolute atomic E-state index is 0.577. The third-order valence-electron chi connectivity index (χ3n) is 3.15. The smallest absolute Gasteiger partial charge is 0.107 e. The van der Waals surface area contributed by atoms with Crippen molar-refractivity contribution in [3.8, 4) is 0 Å². The zero-order valence-electron chi connectivity index (χ0n) is 11.0. The molecule has 0 spiro atoms. The highest BCUT2D eigenvalue weighted by Gasteiger charge is 2.15. The quantitative estimate of drug-likeness (QED) is 0.878. The fraction of sp³-hybridized carbons (Fsp3) is 0.400. The largest absolute Gasteiger partial charge is 0.384 e. The molecule has 1 N–H and O–H groups in total. The molecule has 0 aliphatic rings. The molecule has 1 unspecified atom stereocenters. The Morgan fingerprint density at radius 1 is 1.28 bits per heavy atom. The zero-order valence-corrected chi connectivity index (χ0v) is 11.0. The molecule has 1 aromatic heterocycles. The van der Waals surface area contributed by atoms with Crippen LogP contribution in [0.3, 0.4) is 0 Å². The van der Waals surface area contributed by atoms with Crippen molar-refractivity contribution in [2.24, 2.45) is 0 Å². The van der Waals surface area contributed by atoms with Crippen LogP contribution in [0.5, 0.6) is 0 Å². The van der Waals surface area contributed by atoms with Crippen molar-refractivity contribution in [2.45, 2.75) is 39.3 Å². The van der Waals surface area contributed by atoms with E-state index in [4.69, 9.17) is 0 Å². The van der Waals surface area contributed by atoms with Crippen LogP contribution in [0.4, 0.5) is 0 Å². The Morgan fingerprint density at radius 3 is 2.78 bits per heavy atom. The molecule has 0 radical (unpaired) electrons. The van der Waals surface area contributed by atoms with Gasteiger partial charge in [0.2, 0.25) is 0 Å². The van der Waals surface area contributed by atoms with Crippen LogP contribution in [0, 0.1) is 0 Å². The molecule has 1 aromatic carbocycles. The van der Waals surface area contributed by atoms with Gasteiger partial charge in [0.05, 0.1) is 6.20 Å². The highest BCUT2D eigenvalue weighted by atomic mass is 16.3. The molecule has 0 fully saturated rings. The topological polar surface area (TPSA) is 38.0 Å². The highest BCUT2D eigenvalue weighted by molar-refractivity contribution is 5.34. The van der Waals surface area contributed by atoms with E-state index in [-0.39, 0.29) is 0 Å². The second-order valence-corrected chi connectivity index (χ2v) is 4.49. The van der Waals surface area contributed by atoms with Gasteiger partial charge in [-0.25, -0.2) is 0 Å². The van der Waals surface area contributed by atoms with E-state index < -0.39 is 6.10 Å². The van der Waals surface area contributed by atoms with Gasteiger partial charge in [0.25, 0.3) is 0 Å². The fourth-order valence-electron chi connectivity index (χ4n) is 2.17. The Kier molecular flexibility index (Phi) is 4.15. The first-order chi connectivity index (χ1) is 8.76. The minimum atomic E-state index is -0.577. The van der Waals surface area contributed by atoms with Crippen molar-refractivity contribution in [3.63, 3.8) is 0 Å². The zero-order chi connectivity index (χ0) is 13.0. The van der Waals surface area contributed by atoms with Crippen LogP contribution in [0.2, 0.25) is 0 Å². The van der Waals surface area contributed by atoms with Crippen LogP contribution in [0.25, 0.3) is 0 Å². The molecular weight excluding hydrogens is 224 g/mol. The summed E-state index contributed by atoms with van der Waals surface area (Å²) in [5.41, 5.74) is 3.04. The summed E-state index contributed by atoms with van der Waals surface area (Å²) in [5.74, 6) is 0. The number of aryl methyl sites for hydroxylation is 2. The number of rotatable bonds is 5. The summed E-state index contributed by atoms with van der Waals surface area (Å²) in [7, 11) is 0. The van der Waals surface area contributed by atoms with Crippen molar-refractivity contribution in [2.75, 3.05) is 0 Å². The number of aliphatic hydroxyl groups is 1. The molecular formula is C15H20N2O. The van der Waals surface area contributed by atoms with Crippen LogP contribution in [0.15, 0.2) is 36.7 Å². The average molecular weight is 244 g/mol. The van der Waals surface area contributed by atoms with E-state index in [0.717, 1.165) is 30.5 Å². The first-order valence-corrected chi connectivity index (χ1v) is 6.54. The second-order valence-electron chi connectivity index (χ2n) is 4.49. The molecule has 18 heavy (non-hydrogen) atoms. The molecule has 0 aliphatic heterocycles. The van der Waals surface area contributed by atoms with E-state index in [1.807, 2.05) is 29.1 Å². The number of benzene rings is 1. The summed E-state index contributed by atoms with van der Waals surface area (Å²) >= 11 is 0.